The Hall–Kier alpha value is -1.35. The van der Waals surface area contributed by atoms with E-state index in [9.17, 15) is 4.79 Å². The number of hydrogen-bond acceptors (Lipinski definition) is 2. The van der Waals surface area contributed by atoms with Crippen molar-refractivity contribution in [2.45, 2.75) is 63.8 Å². The quantitative estimate of drug-likeness (QED) is 0.877. The molecule has 0 unspecified atom stereocenters. The fraction of sp³-hybridized carbons (Fsp3) is 0.682. The van der Waals surface area contributed by atoms with Crippen molar-refractivity contribution in [1.29, 1.82) is 0 Å². The minimum absolute atomic E-state index is 0.228. The molecule has 0 bridgehead atoms. The first-order chi connectivity index (χ1) is 12.1. The Labute approximate surface area is 152 Å². The summed E-state index contributed by atoms with van der Waals surface area (Å²) in [4.78, 5) is 15.0. The predicted molar refractivity (Wildman–Crippen MR) is 101 cm³/mol. The van der Waals surface area contributed by atoms with E-state index in [4.69, 9.17) is 0 Å². The Bertz CT molecular complexity index is 627. The zero-order chi connectivity index (χ0) is 17.4. The SMILES string of the molecule is CC(C)CCN1CCC2(CC1)C[C@H](NC(=O)C1CC1)c1ccccc12. The molecule has 2 fully saturated rings. The van der Waals surface area contributed by atoms with Gasteiger partial charge in [0.15, 0.2) is 0 Å². The molecule has 1 aromatic rings. The van der Waals surface area contributed by atoms with E-state index in [0.29, 0.717) is 5.92 Å². The summed E-state index contributed by atoms with van der Waals surface area (Å²) in [5.74, 6) is 1.36. The summed E-state index contributed by atoms with van der Waals surface area (Å²) in [6.07, 6.45) is 7.02. The minimum Gasteiger partial charge on any atom is -0.349 e. The first-order valence-corrected chi connectivity index (χ1v) is 10.2. The highest BCUT2D eigenvalue weighted by molar-refractivity contribution is 5.81. The van der Waals surface area contributed by atoms with Crippen LogP contribution in [0.4, 0.5) is 0 Å². The Morgan fingerprint density at radius 3 is 2.64 bits per heavy atom. The van der Waals surface area contributed by atoms with Crippen LogP contribution in [0.3, 0.4) is 0 Å². The van der Waals surface area contributed by atoms with Crippen molar-refractivity contribution in [3.8, 4) is 0 Å². The standard InChI is InChI=1S/C22H32N2O/c1-16(2)9-12-24-13-10-22(11-14-24)15-20(23-21(25)17-7-8-17)18-5-3-4-6-19(18)22/h3-6,16-17,20H,7-15H2,1-2H3,(H,23,25)/t20-/m0/s1. The van der Waals surface area contributed by atoms with Crippen molar-refractivity contribution in [3.63, 3.8) is 0 Å². The summed E-state index contributed by atoms with van der Waals surface area (Å²) < 4.78 is 0. The number of fused-ring (bicyclic) bond motifs is 2. The summed E-state index contributed by atoms with van der Waals surface area (Å²) >= 11 is 0. The van der Waals surface area contributed by atoms with Crippen LogP contribution in [0.5, 0.6) is 0 Å². The molecule has 1 aromatic carbocycles. The minimum atomic E-state index is 0.228. The largest absolute Gasteiger partial charge is 0.349 e. The van der Waals surface area contributed by atoms with Crippen molar-refractivity contribution < 1.29 is 4.79 Å². The number of likely N-dealkylation sites (tertiary alicyclic amines) is 1. The molecule has 1 atom stereocenters. The molecule has 25 heavy (non-hydrogen) atoms. The number of hydrogen-bond donors (Lipinski definition) is 1. The van der Waals surface area contributed by atoms with Crippen molar-refractivity contribution in [3.05, 3.63) is 35.4 Å². The zero-order valence-corrected chi connectivity index (χ0v) is 15.8. The van der Waals surface area contributed by atoms with Crippen LogP contribution in [0.1, 0.15) is 69.5 Å². The molecular formula is C22H32N2O. The van der Waals surface area contributed by atoms with Gasteiger partial charge in [0, 0.05) is 11.3 Å². The van der Waals surface area contributed by atoms with E-state index >= 15 is 0 Å². The third-order valence-electron chi connectivity index (χ3n) is 6.60. The van der Waals surface area contributed by atoms with Gasteiger partial charge < -0.3 is 10.2 Å². The van der Waals surface area contributed by atoms with Crippen molar-refractivity contribution in [1.82, 2.24) is 10.2 Å². The normalized spacial score (nSPS) is 25.3. The molecule has 1 N–H and O–H groups in total. The molecule has 1 heterocycles. The van der Waals surface area contributed by atoms with Gasteiger partial charge in [0.2, 0.25) is 5.91 Å². The van der Waals surface area contributed by atoms with E-state index in [1.165, 1.54) is 50.0 Å². The maximum absolute atomic E-state index is 12.3. The van der Waals surface area contributed by atoms with E-state index < -0.39 is 0 Å². The second-order valence-corrected chi connectivity index (χ2v) is 8.93. The van der Waals surface area contributed by atoms with E-state index in [1.807, 2.05) is 0 Å². The van der Waals surface area contributed by atoms with Crippen LogP contribution >= 0.6 is 0 Å². The van der Waals surface area contributed by atoms with Gasteiger partial charge in [0.25, 0.3) is 0 Å². The van der Waals surface area contributed by atoms with Crippen LogP contribution in [0.15, 0.2) is 24.3 Å². The second kappa shape index (κ2) is 6.75. The van der Waals surface area contributed by atoms with Crippen molar-refractivity contribution >= 4 is 5.91 Å². The molecular weight excluding hydrogens is 308 g/mol. The van der Waals surface area contributed by atoms with E-state index in [1.54, 1.807) is 0 Å². The summed E-state index contributed by atoms with van der Waals surface area (Å²) in [5, 5.41) is 3.37. The highest BCUT2D eigenvalue weighted by Gasteiger charge is 2.46. The van der Waals surface area contributed by atoms with Crippen molar-refractivity contribution in [2.24, 2.45) is 11.8 Å². The number of piperidine rings is 1. The van der Waals surface area contributed by atoms with E-state index in [-0.39, 0.29) is 17.4 Å². The second-order valence-electron chi connectivity index (χ2n) is 8.93. The lowest BCUT2D eigenvalue weighted by Crippen LogP contribution is -2.42. The molecule has 3 nitrogen and oxygen atoms in total. The molecule has 4 rings (SSSR count). The molecule has 3 aliphatic rings. The molecule has 1 spiro atoms. The van der Waals surface area contributed by atoms with Gasteiger partial charge in [-0.3, -0.25) is 4.79 Å². The Balaban J connectivity index is 1.46. The lowest BCUT2D eigenvalue weighted by Gasteiger charge is -2.40. The molecule has 0 aromatic heterocycles. The average molecular weight is 341 g/mol. The molecule has 3 heteroatoms. The zero-order valence-electron chi connectivity index (χ0n) is 15.8. The number of benzene rings is 1. The Morgan fingerprint density at radius 2 is 1.96 bits per heavy atom. The smallest absolute Gasteiger partial charge is 0.223 e. The van der Waals surface area contributed by atoms with Crippen LogP contribution < -0.4 is 5.32 Å². The number of rotatable bonds is 5. The van der Waals surface area contributed by atoms with Crippen LogP contribution in [-0.2, 0) is 10.2 Å². The Morgan fingerprint density at radius 1 is 1.24 bits per heavy atom. The molecule has 1 amide bonds. The summed E-state index contributed by atoms with van der Waals surface area (Å²) in [7, 11) is 0. The van der Waals surface area contributed by atoms with Gasteiger partial charge in [0.05, 0.1) is 6.04 Å². The van der Waals surface area contributed by atoms with Gasteiger partial charge in [0.1, 0.15) is 0 Å². The highest BCUT2D eigenvalue weighted by Crippen LogP contribution is 2.51. The van der Waals surface area contributed by atoms with Gasteiger partial charge in [-0.1, -0.05) is 38.1 Å². The third kappa shape index (κ3) is 3.48. The molecule has 1 saturated heterocycles. The summed E-state index contributed by atoms with van der Waals surface area (Å²) in [6.45, 7) is 8.25. The van der Waals surface area contributed by atoms with Gasteiger partial charge in [-0.25, -0.2) is 0 Å². The number of nitrogens with one attached hydrogen (secondary N) is 1. The number of amides is 1. The van der Waals surface area contributed by atoms with Gasteiger partial charge >= 0.3 is 0 Å². The molecule has 1 saturated carbocycles. The first kappa shape index (κ1) is 17.1. The number of nitrogens with zero attached hydrogens (tertiary/aromatic N) is 1. The lowest BCUT2D eigenvalue weighted by molar-refractivity contribution is -0.123. The summed E-state index contributed by atoms with van der Waals surface area (Å²) in [5.41, 5.74) is 3.18. The van der Waals surface area contributed by atoms with Crippen LogP contribution in [0.2, 0.25) is 0 Å². The fourth-order valence-corrected chi connectivity index (χ4v) is 4.78. The maximum atomic E-state index is 12.3. The first-order valence-electron chi connectivity index (χ1n) is 10.2. The lowest BCUT2D eigenvalue weighted by atomic mass is 9.73. The highest BCUT2D eigenvalue weighted by atomic mass is 16.2. The number of carbonyl (C=O) groups is 1. The van der Waals surface area contributed by atoms with Gasteiger partial charge in [-0.15, -0.1) is 0 Å². The molecule has 136 valence electrons. The molecule has 2 aliphatic carbocycles. The summed E-state index contributed by atoms with van der Waals surface area (Å²) in [6, 6.07) is 9.10. The van der Waals surface area contributed by atoms with E-state index in [0.717, 1.165) is 25.2 Å². The Kier molecular flexibility index (Phi) is 4.61. The van der Waals surface area contributed by atoms with Crippen LogP contribution in [-0.4, -0.2) is 30.4 Å². The van der Waals surface area contributed by atoms with Crippen LogP contribution in [0.25, 0.3) is 0 Å². The molecule has 1 aliphatic heterocycles. The predicted octanol–water partition coefficient (Wildman–Crippen LogP) is 4.04. The van der Waals surface area contributed by atoms with Crippen molar-refractivity contribution in [2.75, 3.05) is 19.6 Å². The van der Waals surface area contributed by atoms with E-state index in [2.05, 4.69) is 48.3 Å². The fourth-order valence-electron chi connectivity index (χ4n) is 4.78. The molecule has 0 radical (unpaired) electrons. The topological polar surface area (TPSA) is 32.3 Å². The van der Waals surface area contributed by atoms with Crippen LogP contribution in [0, 0.1) is 11.8 Å². The number of carbonyl (C=O) groups excluding carboxylic acids is 1. The van der Waals surface area contributed by atoms with Gasteiger partial charge in [-0.2, -0.15) is 0 Å². The average Bonchev–Trinajstić information content (AvgIpc) is 3.42. The maximum Gasteiger partial charge on any atom is 0.223 e. The monoisotopic (exact) mass is 340 g/mol. The third-order valence-corrected chi connectivity index (χ3v) is 6.60. The van der Waals surface area contributed by atoms with Gasteiger partial charge in [-0.05, 0) is 75.2 Å².